The van der Waals surface area contributed by atoms with Crippen LogP contribution in [-0.4, -0.2) is 45.8 Å². The van der Waals surface area contributed by atoms with Crippen LogP contribution in [0.15, 0.2) is 21.5 Å². The van der Waals surface area contributed by atoms with Crippen LogP contribution in [0.1, 0.15) is 16.8 Å². The van der Waals surface area contributed by atoms with Gasteiger partial charge in [0.05, 0.1) is 18.7 Å². The van der Waals surface area contributed by atoms with Crippen molar-refractivity contribution in [2.45, 2.75) is 12.1 Å². The van der Waals surface area contributed by atoms with E-state index in [1.54, 1.807) is 7.05 Å². The molecule has 0 spiro atoms. The normalized spacial score (nSPS) is 22.8. The average molecular weight is 333 g/mol. The summed E-state index contributed by atoms with van der Waals surface area (Å²) in [4.78, 5) is 25.1. The molecule has 2 rings (SSSR count). The molecule has 1 aliphatic rings. The van der Waals surface area contributed by atoms with Crippen molar-refractivity contribution in [3.63, 3.8) is 0 Å². The highest BCUT2D eigenvalue weighted by molar-refractivity contribution is 9.10. The fraction of sp³-hybridized carbons (Fsp3) is 0.500. The van der Waals surface area contributed by atoms with E-state index in [1.807, 2.05) is 0 Å². The molecule has 104 valence electrons. The second-order valence-electron chi connectivity index (χ2n) is 4.77. The van der Waals surface area contributed by atoms with Crippen molar-refractivity contribution in [1.29, 1.82) is 0 Å². The molecule has 5 nitrogen and oxygen atoms in total. The molecule has 0 radical (unpaired) electrons. The maximum Gasteiger partial charge on any atom is 0.255 e. The minimum atomic E-state index is -1.73. The van der Waals surface area contributed by atoms with Gasteiger partial charge < -0.3 is 14.6 Å². The smallest absolute Gasteiger partial charge is 0.255 e. The van der Waals surface area contributed by atoms with Crippen molar-refractivity contribution in [1.82, 2.24) is 9.47 Å². The van der Waals surface area contributed by atoms with Gasteiger partial charge in [0.2, 0.25) is 0 Å². The second-order valence-corrected chi connectivity index (χ2v) is 5.62. The molecule has 1 amide bonds. The number of aryl methyl sites for hydroxylation is 1. The zero-order chi connectivity index (χ0) is 14.2. The molecule has 7 heteroatoms. The molecule has 2 heterocycles. The molecule has 1 unspecified atom stereocenters. The van der Waals surface area contributed by atoms with Crippen LogP contribution >= 0.6 is 15.9 Å². The number of alkyl halides is 1. The van der Waals surface area contributed by atoms with Crippen LogP contribution in [0.3, 0.4) is 0 Å². The van der Waals surface area contributed by atoms with E-state index in [0.29, 0.717) is 4.47 Å². The number of halogens is 2. The van der Waals surface area contributed by atoms with Gasteiger partial charge in [0, 0.05) is 36.7 Å². The summed E-state index contributed by atoms with van der Waals surface area (Å²) in [6.07, 6.45) is 1.61. The summed E-state index contributed by atoms with van der Waals surface area (Å²) < 4.78 is 15.7. The van der Waals surface area contributed by atoms with E-state index < -0.39 is 18.2 Å². The van der Waals surface area contributed by atoms with Crippen molar-refractivity contribution in [2.75, 3.05) is 19.7 Å². The van der Waals surface area contributed by atoms with Gasteiger partial charge in [-0.25, -0.2) is 4.39 Å². The number of hydrogen-bond donors (Lipinski definition) is 1. The average Bonchev–Trinajstić information content (AvgIpc) is 2.77. The monoisotopic (exact) mass is 332 g/mol. The van der Waals surface area contributed by atoms with Gasteiger partial charge in [-0.1, -0.05) is 0 Å². The van der Waals surface area contributed by atoms with Gasteiger partial charge in [-0.15, -0.1) is 0 Å². The summed E-state index contributed by atoms with van der Waals surface area (Å²) in [5, 5.41) is 8.95. The van der Waals surface area contributed by atoms with Crippen LogP contribution in [0.5, 0.6) is 0 Å². The maximum atomic E-state index is 13.9. The first kappa shape index (κ1) is 14.2. The van der Waals surface area contributed by atoms with Crippen molar-refractivity contribution < 1.29 is 14.3 Å². The van der Waals surface area contributed by atoms with E-state index in [2.05, 4.69) is 15.9 Å². The fourth-order valence-corrected chi connectivity index (χ4v) is 2.66. The highest BCUT2D eigenvalue weighted by Gasteiger charge is 2.40. The predicted molar refractivity (Wildman–Crippen MR) is 70.8 cm³/mol. The van der Waals surface area contributed by atoms with Crippen molar-refractivity contribution >= 4 is 21.8 Å². The SMILES string of the molecule is Cn1cc(Br)c(C(=O)N2CCC(F)(CO)C2)cc1=O. The van der Waals surface area contributed by atoms with E-state index in [0.717, 1.165) is 0 Å². The number of pyridine rings is 1. The van der Waals surface area contributed by atoms with Gasteiger partial charge in [0.15, 0.2) is 5.67 Å². The molecule has 1 N–H and O–H groups in total. The van der Waals surface area contributed by atoms with Gasteiger partial charge in [0.1, 0.15) is 0 Å². The lowest BCUT2D eigenvalue weighted by atomic mass is 10.1. The molecule has 1 aromatic rings. The number of aliphatic hydroxyl groups excluding tert-OH is 1. The maximum absolute atomic E-state index is 13.9. The molecule has 0 aliphatic carbocycles. The Morgan fingerprint density at radius 2 is 2.32 bits per heavy atom. The summed E-state index contributed by atoms with van der Waals surface area (Å²) in [6.45, 7) is -0.518. The molecule has 0 bridgehead atoms. The Morgan fingerprint density at radius 3 is 2.89 bits per heavy atom. The summed E-state index contributed by atoms with van der Waals surface area (Å²) in [5.41, 5.74) is -1.83. The number of carbonyl (C=O) groups excluding carboxylic acids is 1. The molecule has 1 fully saturated rings. The van der Waals surface area contributed by atoms with E-state index in [1.165, 1.54) is 21.7 Å². The highest BCUT2D eigenvalue weighted by Crippen LogP contribution is 2.27. The number of carbonyl (C=O) groups is 1. The summed E-state index contributed by atoms with van der Waals surface area (Å²) in [6, 6.07) is 1.23. The zero-order valence-corrected chi connectivity index (χ0v) is 12.0. The highest BCUT2D eigenvalue weighted by atomic mass is 79.9. The van der Waals surface area contributed by atoms with Gasteiger partial charge in [-0.2, -0.15) is 0 Å². The minimum Gasteiger partial charge on any atom is -0.393 e. The van der Waals surface area contributed by atoms with E-state index in [9.17, 15) is 14.0 Å². The van der Waals surface area contributed by atoms with Crippen LogP contribution in [0.2, 0.25) is 0 Å². The number of nitrogens with zero attached hydrogens (tertiary/aromatic N) is 2. The standard InChI is InChI=1S/C12H14BrFN2O3/c1-15-5-9(13)8(4-10(15)18)11(19)16-3-2-12(14,6-16)7-17/h4-5,17H,2-3,6-7H2,1H3. The van der Waals surface area contributed by atoms with Gasteiger partial charge in [-0.05, 0) is 15.9 Å². The molecule has 1 aromatic heterocycles. The van der Waals surface area contributed by atoms with E-state index in [4.69, 9.17) is 5.11 Å². The van der Waals surface area contributed by atoms with Gasteiger partial charge in [0.25, 0.3) is 11.5 Å². The Labute approximate surface area is 117 Å². The second kappa shape index (κ2) is 5.05. The Balaban J connectivity index is 2.27. The molecule has 1 saturated heterocycles. The summed E-state index contributed by atoms with van der Waals surface area (Å²) in [7, 11) is 1.58. The van der Waals surface area contributed by atoms with Crippen LogP contribution in [0.4, 0.5) is 4.39 Å². The summed E-state index contributed by atoms with van der Waals surface area (Å²) in [5.74, 6) is -0.405. The predicted octanol–water partition coefficient (Wildman–Crippen LogP) is 0.694. The van der Waals surface area contributed by atoms with Crippen LogP contribution in [-0.2, 0) is 7.05 Å². The van der Waals surface area contributed by atoms with Gasteiger partial charge >= 0.3 is 0 Å². The lowest BCUT2D eigenvalue weighted by molar-refractivity contribution is 0.0630. The molecule has 0 aromatic carbocycles. The first-order valence-electron chi connectivity index (χ1n) is 5.81. The van der Waals surface area contributed by atoms with Crippen LogP contribution < -0.4 is 5.56 Å². The fourth-order valence-electron chi connectivity index (χ4n) is 2.07. The lowest BCUT2D eigenvalue weighted by Crippen LogP contribution is -2.36. The number of aromatic nitrogens is 1. The number of likely N-dealkylation sites (tertiary alicyclic amines) is 1. The Hall–Kier alpha value is -1.21. The van der Waals surface area contributed by atoms with E-state index >= 15 is 0 Å². The first-order valence-corrected chi connectivity index (χ1v) is 6.61. The number of rotatable bonds is 2. The minimum absolute atomic E-state index is 0.109. The largest absolute Gasteiger partial charge is 0.393 e. The first-order chi connectivity index (χ1) is 8.86. The zero-order valence-electron chi connectivity index (χ0n) is 10.4. The topological polar surface area (TPSA) is 62.5 Å². The Bertz CT molecular complexity index is 575. The van der Waals surface area contributed by atoms with Crippen molar-refractivity contribution in [3.8, 4) is 0 Å². The van der Waals surface area contributed by atoms with E-state index in [-0.39, 0.29) is 30.6 Å². The quantitative estimate of drug-likeness (QED) is 0.866. The molecule has 19 heavy (non-hydrogen) atoms. The molecular formula is C12H14BrFN2O3. The van der Waals surface area contributed by atoms with Crippen molar-refractivity contribution in [3.05, 3.63) is 32.7 Å². The Kier molecular flexibility index (Phi) is 3.78. The van der Waals surface area contributed by atoms with Gasteiger partial charge in [-0.3, -0.25) is 9.59 Å². The number of amides is 1. The molecular weight excluding hydrogens is 319 g/mol. The molecule has 0 saturated carbocycles. The molecule has 1 aliphatic heterocycles. The van der Waals surface area contributed by atoms with Crippen LogP contribution in [0.25, 0.3) is 0 Å². The molecule has 1 atom stereocenters. The third-order valence-corrected chi connectivity index (χ3v) is 3.92. The number of hydrogen-bond acceptors (Lipinski definition) is 3. The van der Waals surface area contributed by atoms with Crippen LogP contribution in [0, 0.1) is 0 Å². The summed E-state index contributed by atoms with van der Waals surface area (Å²) >= 11 is 3.22. The van der Waals surface area contributed by atoms with Crippen molar-refractivity contribution in [2.24, 2.45) is 7.05 Å². The third kappa shape index (κ3) is 2.71. The third-order valence-electron chi connectivity index (χ3n) is 3.28. The Morgan fingerprint density at radius 1 is 1.63 bits per heavy atom. The lowest BCUT2D eigenvalue weighted by Gasteiger charge is -2.19. The number of aliphatic hydroxyl groups is 1.